The lowest BCUT2D eigenvalue weighted by Crippen LogP contribution is -2.30. The van der Waals surface area contributed by atoms with Crippen LogP contribution in [0, 0.1) is 0 Å². The van der Waals surface area contributed by atoms with E-state index in [4.69, 9.17) is 4.74 Å². The van der Waals surface area contributed by atoms with Crippen LogP contribution in [0.5, 0.6) is 5.75 Å². The standard InChI is InChI=1S/C15H20N2O/c1-5-15(2,3)17-14-13-10-12(18-4)7-6-11(13)8-9-16-14/h6-10H,5H2,1-4H3,(H,16,17). The van der Waals surface area contributed by atoms with Gasteiger partial charge in [0.1, 0.15) is 11.6 Å². The molecule has 1 aromatic carbocycles. The Morgan fingerprint density at radius 3 is 2.72 bits per heavy atom. The van der Waals surface area contributed by atoms with E-state index in [9.17, 15) is 0 Å². The molecule has 0 atom stereocenters. The second-order valence-electron chi connectivity index (χ2n) is 5.11. The number of hydrogen-bond acceptors (Lipinski definition) is 3. The van der Waals surface area contributed by atoms with Crippen LogP contribution in [0.25, 0.3) is 10.8 Å². The fourth-order valence-electron chi connectivity index (χ4n) is 1.78. The number of pyridine rings is 1. The summed E-state index contributed by atoms with van der Waals surface area (Å²) in [6.07, 6.45) is 2.87. The molecule has 2 rings (SSSR count). The summed E-state index contributed by atoms with van der Waals surface area (Å²) in [4.78, 5) is 4.45. The smallest absolute Gasteiger partial charge is 0.134 e. The molecule has 0 saturated carbocycles. The SMILES string of the molecule is CCC(C)(C)Nc1nccc2ccc(OC)cc12. The summed E-state index contributed by atoms with van der Waals surface area (Å²) in [5.41, 5.74) is 0.0321. The Morgan fingerprint density at radius 2 is 2.06 bits per heavy atom. The molecule has 0 aliphatic heterocycles. The van der Waals surface area contributed by atoms with Crippen LogP contribution in [0.15, 0.2) is 30.5 Å². The van der Waals surface area contributed by atoms with Crippen molar-refractivity contribution >= 4 is 16.6 Å². The maximum atomic E-state index is 5.28. The van der Waals surface area contributed by atoms with E-state index in [0.29, 0.717) is 0 Å². The van der Waals surface area contributed by atoms with E-state index >= 15 is 0 Å². The number of anilines is 1. The molecule has 3 heteroatoms. The molecular weight excluding hydrogens is 224 g/mol. The number of aromatic nitrogens is 1. The van der Waals surface area contributed by atoms with Crippen LogP contribution < -0.4 is 10.1 Å². The maximum Gasteiger partial charge on any atom is 0.134 e. The number of nitrogens with one attached hydrogen (secondary N) is 1. The molecule has 0 aliphatic carbocycles. The van der Waals surface area contributed by atoms with Gasteiger partial charge in [-0.2, -0.15) is 0 Å². The third-order valence-corrected chi connectivity index (χ3v) is 3.31. The van der Waals surface area contributed by atoms with Gasteiger partial charge in [0.25, 0.3) is 0 Å². The van der Waals surface area contributed by atoms with Gasteiger partial charge in [0.15, 0.2) is 0 Å². The molecule has 0 spiro atoms. The van der Waals surface area contributed by atoms with Crippen molar-refractivity contribution in [1.82, 2.24) is 4.98 Å². The average Bonchev–Trinajstić information content (AvgIpc) is 2.38. The molecule has 0 saturated heterocycles. The Hall–Kier alpha value is -1.77. The van der Waals surface area contributed by atoms with E-state index in [0.717, 1.165) is 23.4 Å². The Balaban J connectivity index is 2.49. The summed E-state index contributed by atoms with van der Waals surface area (Å²) in [7, 11) is 1.68. The summed E-state index contributed by atoms with van der Waals surface area (Å²) < 4.78 is 5.28. The highest BCUT2D eigenvalue weighted by Crippen LogP contribution is 2.28. The Labute approximate surface area is 108 Å². The second kappa shape index (κ2) is 4.84. The normalized spacial score (nSPS) is 11.6. The van der Waals surface area contributed by atoms with Gasteiger partial charge in [0.2, 0.25) is 0 Å². The second-order valence-corrected chi connectivity index (χ2v) is 5.11. The first-order valence-electron chi connectivity index (χ1n) is 6.26. The first-order chi connectivity index (χ1) is 8.55. The molecule has 18 heavy (non-hydrogen) atoms. The lowest BCUT2D eigenvalue weighted by Gasteiger charge is -2.26. The average molecular weight is 244 g/mol. The molecule has 1 heterocycles. The van der Waals surface area contributed by atoms with Crippen LogP contribution in [0.3, 0.4) is 0 Å². The van der Waals surface area contributed by atoms with Gasteiger partial charge in [-0.25, -0.2) is 4.98 Å². The van der Waals surface area contributed by atoms with E-state index in [1.54, 1.807) is 7.11 Å². The summed E-state index contributed by atoms with van der Waals surface area (Å²) in [6.45, 7) is 6.51. The number of rotatable bonds is 4. The van der Waals surface area contributed by atoms with Crippen molar-refractivity contribution in [1.29, 1.82) is 0 Å². The van der Waals surface area contributed by atoms with Crippen molar-refractivity contribution in [3.8, 4) is 5.75 Å². The maximum absolute atomic E-state index is 5.28. The summed E-state index contributed by atoms with van der Waals surface area (Å²) >= 11 is 0. The molecule has 0 fully saturated rings. The van der Waals surface area contributed by atoms with Crippen molar-refractivity contribution in [2.75, 3.05) is 12.4 Å². The molecule has 96 valence electrons. The van der Waals surface area contributed by atoms with E-state index in [1.807, 2.05) is 24.4 Å². The minimum Gasteiger partial charge on any atom is -0.497 e. The van der Waals surface area contributed by atoms with E-state index in [1.165, 1.54) is 5.39 Å². The zero-order chi connectivity index (χ0) is 13.2. The van der Waals surface area contributed by atoms with E-state index in [-0.39, 0.29) is 5.54 Å². The number of fused-ring (bicyclic) bond motifs is 1. The molecule has 0 amide bonds. The highest BCUT2D eigenvalue weighted by atomic mass is 16.5. The first-order valence-corrected chi connectivity index (χ1v) is 6.26. The lowest BCUT2D eigenvalue weighted by atomic mass is 10.0. The zero-order valence-corrected chi connectivity index (χ0v) is 11.4. The van der Waals surface area contributed by atoms with Crippen LogP contribution in [0.2, 0.25) is 0 Å². The van der Waals surface area contributed by atoms with Crippen LogP contribution in [-0.4, -0.2) is 17.6 Å². The Kier molecular flexibility index (Phi) is 3.41. The van der Waals surface area contributed by atoms with Gasteiger partial charge in [0, 0.05) is 17.1 Å². The highest BCUT2D eigenvalue weighted by molar-refractivity contribution is 5.92. The number of ether oxygens (including phenoxy) is 1. The Bertz CT molecular complexity index is 549. The van der Waals surface area contributed by atoms with Gasteiger partial charge in [-0.05, 0) is 43.9 Å². The molecule has 3 nitrogen and oxygen atoms in total. The highest BCUT2D eigenvalue weighted by Gasteiger charge is 2.16. The molecule has 1 N–H and O–H groups in total. The van der Waals surface area contributed by atoms with Crippen molar-refractivity contribution in [3.05, 3.63) is 30.5 Å². The predicted molar refractivity (Wildman–Crippen MR) is 76.3 cm³/mol. The zero-order valence-electron chi connectivity index (χ0n) is 11.4. The van der Waals surface area contributed by atoms with Gasteiger partial charge < -0.3 is 10.1 Å². The number of benzene rings is 1. The van der Waals surface area contributed by atoms with Gasteiger partial charge >= 0.3 is 0 Å². The predicted octanol–water partition coefficient (Wildman–Crippen LogP) is 3.84. The van der Waals surface area contributed by atoms with Crippen LogP contribution in [0.1, 0.15) is 27.2 Å². The van der Waals surface area contributed by atoms with Gasteiger partial charge in [0.05, 0.1) is 7.11 Å². The van der Waals surface area contributed by atoms with Crippen molar-refractivity contribution < 1.29 is 4.74 Å². The van der Waals surface area contributed by atoms with E-state index in [2.05, 4.69) is 37.1 Å². The van der Waals surface area contributed by atoms with Gasteiger partial charge in [-0.1, -0.05) is 13.0 Å². The molecule has 0 radical (unpaired) electrons. The fourth-order valence-corrected chi connectivity index (χ4v) is 1.78. The third-order valence-electron chi connectivity index (χ3n) is 3.31. The molecular formula is C15H20N2O. The number of hydrogen-bond donors (Lipinski definition) is 1. The quantitative estimate of drug-likeness (QED) is 0.887. The van der Waals surface area contributed by atoms with Gasteiger partial charge in [-0.3, -0.25) is 0 Å². The number of nitrogens with zero attached hydrogens (tertiary/aromatic N) is 1. The van der Waals surface area contributed by atoms with Crippen molar-refractivity contribution in [2.24, 2.45) is 0 Å². The van der Waals surface area contributed by atoms with Crippen LogP contribution in [0.4, 0.5) is 5.82 Å². The molecule has 1 aromatic heterocycles. The Morgan fingerprint density at radius 1 is 1.28 bits per heavy atom. The molecule has 0 aliphatic rings. The summed E-state index contributed by atoms with van der Waals surface area (Å²) in [5.74, 6) is 1.77. The first kappa shape index (κ1) is 12.7. The summed E-state index contributed by atoms with van der Waals surface area (Å²) in [5, 5.41) is 5.76. The van der Waals surface area contributed by atoms with E-state index < -0.39 is 0 Å². The topological polar surface area (TPSA) is 34.2 Å². The lowest BCUT2D eigenvalue weighted by molar-refractivity contribution is 0.415. The fraction of sp³-hybridized carbons (Fsp3) is 0.400. The summed E-state index contributed by atoms with van der Waals surface area (Å²) in [6, 6.07) is 8.06. The number of methoxy groups -OCH3 is 1. The molecule has 2 aromatic rings. The third kappa shape index (κ3) is 2.55. The monoisotopic (exact) mass is 244 g/mol. The largest absolute Gasteiger partial charge is 0.497 e. The van der Waals surface area contributed by atoms with Gasteiger partial charge in [-0.15, -0.1) is 0 Å². The molecule has 0 bridgehead atoms. The minimum atomic E-state index is 0.0321. The van der Waals surface area contributed by atoms with Crippen molar-refractivity contribution in [3.63, 3.8) is 0 Å². The van der Waals surface area contributed by atoms with Crippen molar-refractivity contribution in [2.45, 2.75) is 32.7 Å². The minimum absolute atomic E-state index is 0.0321. The van der Waals surface area contributed by atoms with Crippen LogP contribution >= 0.6 is 0 Å². The van der Waals surface area contributed by atoms with Crippen LogP contribution in [-0.2, 0) is 0 Å². The molecule has 0 unspecified atom stereocenters.